The van der Waals surface area contributed by atoms with Gasteiger partial charge < -0.3 is 28.7 Å². The molecular formula is C32H37FN4O6. The molecule has 0 radical (unpaired) electrons. The number of fused-ring (bicyclic) bond motifs is 1. The maximum Gasteiger partial charge on any atom is 0.409 e. The molecule has 3 aromatic rings. The molecule has 2 aromatic carbocycles. The van der Waals surface area contributed by atoms with E-state index in [1.807, 2.05) is 0 Å². The van der Waals surface area contributed by atoms with Crippen LogP contribution in [-0.4, -0.2) is 95.9 Å². The summed E-state index contributed by atoms with van der Waals surface area (Å²) in [5, 5.41) is 0.501. The van der Waals surface area contributed by atoms with E-state index in [1.165, 1.54) is 29.0 Å². The van der Waals surface area contributed by atoms with E-state index in [0.29, 0.717) is 41.2 Å². The Morgan fingerprint density at radius 2 is 1.53 bits per heavy atom. The zero-order valence-corrected chi connectivity index (χ0v) is 24.8. The Kier molecular flexibility index (Phi) is 8.98. The largest absolute Gasteiger partial charge is 0.496 e. The Morgan fingerprint density at radius 1 is 0.884 bits per heavy atom. The molecule has 43 heavy (non-hydrogen) atoms. The van der Waals surface area contributed by atoms with Crippen LogP contribution in [0.2, 0.25) is 0 Å². The van der Waals surface area contributed by atoms with Crippen molar-refractivity contribution in [2.24, 2.45) is 13.0 Å². The van der Waals surface area contributed by atoms with Gasteiger partial charge in [0.05, 0.1) is 30.4 Å². The number of nitrogens with zero attached hydrogens (tertiary/aromatic N) is 4. The van der Waals surface area contributed by atoms with Gasteiger partial charge in [0.25, 0.3) is 17.6 Å². The number of methoxy groups -OCH3 is 1. The molecule has 5 rings (SSSR count). The predicted octanol–water partition coefficient (Wildman–Crippen LogP) is 3.90. The highest BCUT2D eigenvalue weighted by atomic mass is 19.1. The number of halogens is 1. The lowest BCUT2D eigenvalue weighted by Crippen LogP contribution is -2.52. The number of ether oxygens (including phenoxy) is 2. The zero-order valence-electron chi connectivity index (χ0n) is 24.8. The van der Waals surface area contributed by atoms with Crippen LogP contribution in [0.3, 0.4) is 0 Å². The molecule has 0 aliphatic carbocycles. The second-order valence-corrected chi connectivity index (χ2v) is 11.1. The number of benzene rings is 2. The van der Waals surface area contributed by atoms with Crippen LogP contribution in [0.5, 0.6) is 5.75 Å². The van der Waals surface area contributed by atoms with Gasteiger partial charge >= 0.3 is 6.09 Å². The molecule has 1 aromatic heterocycles. The zero-order chi connectivity index (χ0) is 30.7. The van der Waals surface area contributed by atoms with Crippen LogP contribution in [0.4, 0.5) is 9.18 Å². The molecule has 0 bridgehead atoms. The smallest absolute Gasteiger partial charge is 0.409 e. The number of Topliss-reactive ketones (excluding diaryl/α,β-unsaturated/α-hetero) is 1. The highest BCUT2D eigenvalue weighted by molar-refractivity contribution is 6.45. The van der Waals surface area contributed by atoms with Crippen molar-refractivity contribution in [2.75, 3.05) is 53.0 Å². The molecule has 2 aliphatic rings. The van der Waals surface area contributed by atoms with Gasteiger partial charge in [-0.3, -0.25) is 14.4 Å². The summed E-state index contributed by atoms with van der Waals surface area (Å²) < 4.78 is 25.6. The lowest BCUT2D eigenvalue weighted by atomic mass is 9.90. The van der Waals surface area contributed by atoms with Crippen molar-refractivity contribution in [1.82, 2.24) is 19.3 Å². The van der Waals surface area contributed by atoms with E-state index in [2.05, 4.69) is 0 Å². The standard InChI is InChI=1S/C32H37FN4O6/c1-4-43-32(41)37-15-13-36(14-16-37)31(40)29(38)26-20-34(2)27-19-28(42-3)25(18-24(26)27)30(39)35-11-9-22(10-12-35)17-21-5-7-23(33)8-6-21/h5-8,18-20,22H,4,9-17H2,1-3H3. The molecule has 10 nitrogen and oxygen atoms in total. The van der Waals surface area contributed by atoms with Crippen LogP contribution in [0.15, 0.2) is 42.6 Å². The minimum atomic E-state index is -0.666. The quantitative estimate of drug-likeness (QED) is 0.305. The Labute approximate surface area is 249 Å². The van der Waals surface area contributed by atoms with Gasteiger partial charge in [0.15, 0.2) is 0 Å². The first-order valence-corrected chi connectivity index (χ1v) is 14.7. The number of likely N-dealkylation sites (tertiary alicyclic amines) is 1. The summed E-state index contributed by atoms with van der Waals surface area (Å²) in [6.45, 7) is 4.16. The number of amides is 3. The van der Waals surface area contributed by atoms with Gasteiger partial charge in [-0.25, -0.2) is 9.18 Å². The molecule has 2 aliphatic heterocycles. The SMILES string of the molecule is CCOC(=O)N1CCN(C(=O)C(=O)c2cn(C)c3cc(OC)c(C(=O)N4CCC(Cc5ccc(F)cc5)CC4)cc23)CC1. The molecule has 2 saturated heterocycles. The van der Waals surface area contributed by atoms with Crippen LogP contribution in [0.1, 0.15) is 46.0 Å². The third kappa shape index (κ3) is 6.35. The Balaban J connectivity index is 1.30. The van der Waals surface area contributed by atoms with Crippen molar-refractivity contribution in [2.45, 2.75) is 26.2 Å². The molecule has 3 heterocycles. The fourth-order valence-electron chi connectivity index (χ4n) is 5.96. The first kappa shape index (κ1) is 30.1. The fraction of sp³-hybridized carbons (Fsp3) is 0.438. The molecule has 0 spiro atoms. The van der Waals surface area contributed by atoms with Crippen LogP contribution in [-0.2, 0) is 23.0 Å². The summed E-state index contributed by atoms with van der Waals surface area (Å²) in [5.74, 6) is -0.975. The molecule has 0 unspecified atom stereocenters. The Morgan fingerprint density at radius 3 is 2.16 bits per heavy atom. The normalized spacial score (nSPS) is 16.0. The van der Waals surface area contributed by atoms with Gasteiger partial charge in [0.1, 0.15) is 11.6 Å². The summed E-state index contributed by atoms with van der Waals surface area (Å²) in [6.07, 6.45) is 3.65. The van der Waals surface area contributed by atoms with Gasteiger partial charge in [-0.15, -0.1) is 0 Å². The molecule has 228 valence electrons. The summed E-state index contributed by atoms with van der Waals surface area (Å²) in [4.78, 5) is 57.2. The van der Waals surface area contributed by atoms with Crippen molar-refractivity contribution in [3.05, 3.63) is 65.1 Å². The van der Waals surface area contributed by atoms with Gasteiger partial charge in [-0.1, -0.05) is 12.1 Å². The van der Waals surface area contributed by atoms with Crippen molar-refractivity contribution < 1.29 is 33.0 Å². The third-order valence-electron chi connectivity index (χ3n) is 8.41. The van der Waals surface area contributed by atoms with Gasteiger partial charge in [0.2, 0.25) is 0 Å². The minimum Gasteiger partial charge on any atom is -0.496 e. The van der Waals surface area contributed by atoms with Crippen LogP contribution >= 0.6 is 0 Å². The van der Waals surface area contributed by atoms with Crippen molar-refractivity contribution in [1.29, 1.82) is 0 Å². The third-order valence-corrected chi connectivity index (χ3v) is 8.41. The number of hydrogen-bond acceptors (Lipinski definition) is 6. The molecule has 0 atom stereocenters. The second-order valence-electron chi connectivity index (χ2n) is 11.1. The Bertz CT molecular complexity index is 1520. The number of rotatable bonds is 7. The van der Waals surface area contributed by atoms with E-state index in [-0.39, 0.29) is 50.1 Å². The lowest BCUT2D eigenvalue weighted by Gasteiger charge is -2.33. The number of carbonyl (C=O) groups excluding carboxylic acids is 4. The molecule has 3 amide bonds. The number of aromatic nitrogens is 1. The maximum absolute atomic E-state index is 13.7. The first-order chi connectivity index (χ1) is 20.7. The predicted molar refractivity (Wildman–Crippen MR) is 158 cm³/mol. The summed E-state index contributed by atoms with van der Waals surface area (Å²) >= 11 is 0. The molecule has 0 N–H and O–H groups in total. The number of aryl methyl sites for hydroxylation is 1. The molecule has 2 fully saturated rings. The number of piperazine rings is 1. The van der Waals surface area contributed by atoms with E-state index < -0.39 is 17.8 Å². The fourth-order valence-corrected chi connectivity index (χ4v) is 5.96. The van der Waals surface area contributed by atoms with Crippen molar-refractivity contribution >= 4 is 34.6 Å². The molecule has 11 heteroatoms. The van der Waals surface area contributed by atoms with Gasteiger partial charge in [-0.2, -0.15) is 0 Å². The number of piperidine rings is 1. The number of hydrogen-bond donors (Lipinski definition) is 0. The van der Waals surface area contributed by atoms with E-state index >= 15 is 0 Å². The van der Waals surface area contributed by atoms with Crippen LogP contribution < -0.4 is 4.74 Å². The van der Waals surface area contributed by atoms with E-state index in [1.54, 1.807) is 53.9 Å². The summed E-state index contributed by atoms with van der Waals surface area (Å²) in [5.41, 5.74) is 2.29. The topological polar surface area (TPSA) is 101 Å². The average molecular weight is 593 g/mol. The van der Waals surface area contributed by atoms with E-state index in [4.69, 9.17) is 9.47 Å². The lowest BCUT2D eigenvalue weighted by molar-refractivity contribution is -0.128. The maximum atomic E-state index is 13.7. The van der Waals surface area contributed by atoms with E-state index in [9.17, 15) is 23.6 Å². The molecule has 0 saturated carbocycles. The first-order valence-electron chi connectivity index (χ1n) is 14.7. The highest BCUT2D eigenvalue weighted by Gasteiger charge is 2.32. The summed E-state index contributed by atoms with van der Waals surface area (Å²) in [6, 6.07) is 9.93. The summed E-state index contributed by atoms with van der Waals surface area (Å²) in [7, 11) is 3.27. The van der Waals surface area contributed by atoms with Gasteiger partial charge in [0, 0.05) is 64.0 Å². The van der Waals surface area contributed by atoms with E-state index in [0.717, 1.165) is 24.8 Å². The van der Waals surface area contributed by atoms with Gasteiger partial charge in [-0.05, 0) is 55.9 Å². The second kappa shape index (κ2) is 12.8. The molecular weight excluding hydrogens is 555 g/mol. The average Bonchev–Trinajstić information content (AvgIpc) is 3.36. The van der Waals surface area contributed by atoms with Crippen molar-refractivity contribution in [3.8, 4) is 5.75 Å². The van der Waals surface area contributed by atoms with Crippen LogP contribution in [0, 0.1) is 11.7 Å². The minimum absolute atomic E-state index is 0.192. The van der Waals surface area contributed by atoms with Crippen LogP contribution in [0.25, 0.3) is 10.9 Å². The highest BCUT2D eigenvalue weighted by Crippen LogP contribution is 2.32. The monoisotopic (exact) mass is 592 g/mol. The number of carbonyl (C=O) groups is 4. The number of ketones is 1. The Hall–Kier alpha value is -4.41. The van der Waals surface area contributed by atoms with Crippen molar-refractivity contribution in [3.63, 3.8) is 0 Å².